The first-order valence-corrected chi connectivity index (χ1v) is 10.3. The van der Waals surface area contributed by atoms with Crippen LogP contribution in [0.15, 0.2) is 42.5 Å². The Morgan fingerprint density at radius 2 is 1.86 bits per heavy atom. The minimum atomic E-state index is -0.108. The number of hydrogen-bond acceptors (Lipinski definition) is 6. The Bertz CT molecular complexity index is 999. The minimum Gasteiger partial charge on any atom is -0.497 e. The van der Waals surface area contributed by atoms with Crippen molar-refractivity contribution in [1.29, 1.82) is 0 Å². The van der Waals surface area contributed by atoms with Crippen LogP contribution < -0.4 is 19.5 Å². The van der Waals surface area contributed by atoms with Gasteiger partial charge in [-0.05, 0) is 30.3 Å². The molecule has 7 nitrogen and oxygen atoms in total. The maximum Gasteiger partial charge on any atom is 0.321 e. The number of ether oxygens (including phenoxy) is 3. The molecule has 1 saturated heterocycles. The van der Waals surface area contributed by atoms with Gasteiger partial charge >= 0.3 is 6.03 Å². The van der Waals surface area contributed by atoms with E-state index in [1.54, 1.807) is 20.3 Å². The monoisotopic (exact) mass is 413 g/mol. The molecule has 0 atom stereocenters. The molecule has 0 unspecified atom stereocenters. The van der Waals surface area contributed by atoms with E-state index >= 15 is 0 Å². The number of fused-ring (bicyclic) bond motifs is 1. The molecule has 1 aromatic heterocycles. The van der Waals surface area contributed by atoms with Gasteiger partial charge in [0.15, 0.2) is 0 Å². The minimum absolute atomic E-state index is 0.0540. The fourth-order valence-electron chi connectivity index (χ4n) is 3.28. The van der Waals surface area contributed by atoms with Gasteiger partial charge in [-0.3, -0.25) is 0 Å². The number of amides is 2. The Hall–Kier alpha value is -3.00. The van der Waals surface area contributed by atoms with Crippen LogP contribution in [0.3, 0.4) is 0 Å². The van der Waals surface area contributed by atoms with Crippen molar-refractivity contribution in [3.8, 4) is 16.7 Å². The molecule has 1 aliphatic heterocycles. The van der Waals surface area contributed by atoms with Crippen molar-refractivity contribution in [2.45, 2.75) is 18.9 Å². The van der Waals surface area contributed by atoms with Crippen molar-refractivity contribution in [1.82, 2.24) is 9.88 Å². The number of rotatable bonds is 5. The fraction of sp³-hybridized carbons (Fsp3) is 0.333. The summed E-state index contributed by atoms with van der Waals surface area (Å²) < 4.78 is 17.6. The van der Waals surface area contributed by atoms with E-state index < -0.39 is 0 Å². The highest BCUT2D eigenvalue weighted by molar-refractivity contribution is 7.20. The van der Waals surface area contributed by atoms with Gasteiger partial charge in [-0.25, -0.2) is 9.78 Å². The number of thiazole rings is 1. The quantitative estimate of drug-likeness (QED) is 0.672. The van der Waals surface area contributed by atoms with Gasteiger partial charge in [0.2, 0.25) is 0 Å². The molecule has 0 aliphatic carbocycles. The molecule has 0 saturated carbocycles. The molecule has 0 spiro atoms. The van der Waals surface area contributed by atoms with Crippen LogP contribution in [0.5, 0.6) is 16.7 Å². The molecule has 1 fully saturated rings. The number of carbonyl (C=O) groups excluding carboxylic acids is 1. The first kappa shape index (κ1) is 19.3. The van der Waals surface area contributed by atoms with Gasteiger partial charge in [0.25, 0.3) is 5.19 Å². The summed E-state index contributed by atoms with van der Waals surface area (Å²) in [6.45, 7) is 1.28. The zero-order valence-corrected chi connectivity index (χ0v) is 17.2. The summed E-state index contributed by atoms with van der Waals surface area (Å²) in [7, 11) is 3.26. The molecule has 152 valence electrons. The van der Waals surface area contributed by atoms with Gasteiger partial charge in [0.05, 0.1) is 24.4 Å². The maximum atomic E-state index is 12.5. The van der Waals surface area contributed by atoms with Crippen molar-refractivity contribution < 1.29 is 19.0 Å². The highest BCUT2D eigenvalue weighted by Gasteiger charge is 2.25. The molecule has 4 rings (SSSR count). The zero-order chi connectivity index (χ0) is 20.2. The van der Waals surface area contributed by atoms with E-state index in [0.717, 1.165) is 34.5 Å². The number of carbonyl (C=O) groups is 1. The number of aromatic nitrogens is 1. The van der Waals surface area contributed by atoms with Gasteiger partial charge in [-0.15, -0.1) is 0 Å². The van der Waals surface area contributed by atoms with Gasteiger partial charge < -0.3 is 24.4 Å². The van der Waals surface area contributed by atoms with Crippen molar-refractivity contribution in [3.63, 3.8) is 0 Å². The third kappa shape index (κ3) is 4.54. The largest absolute Gasteiger partial charge is 0.497 e. The molecule has 1 aliphatic rings. The number of nitrogens with one attached hydrogen (secondary N) is 1. The van der Waals surface area contributed by atoms with Gasteiger partial charge in [-0.1, -0.05) is 17.4 Å². The highest BCUT2D eigenvalue weighted by Crippen LogP contribution is 2.32. The predicted octanol–water partition coefficient (Wildman–Crippen LogP) is 4.39. The van der Waals surface area contributed by atoms with Gasteiger partial charge in [0.1, 0.15) is 17.6 Å². The van der Waals surface area contributed by atoms with Crippen LogP contribution in [0.2, 0.25) is 0 Å². The third-order valence-corrected chi connectivity index (χ3v) is 5.80. The van der Waals surface area contributed by atoms with Crippen molar-refractivity contribution >= 4 is 33.3 Å². The van der Waals surface area contributed by atoms with Crippen LogP contribution in [0.4, 0.5) is 10.5 Å². The molecule has 0 bridgehead atoms. The SMILES string of the molecule is COc1cccc(NC(=O)N2CCC(Oc3nc4ccc(OC)cc4s3)CC2)c1. The molecule has 1 N–H and O–H groups in total. The summed E-state index contributed by atoms with van der Waals surface area (Å²) >= 11 is 1.51. The average Bonchev–Trinajstić information content (AvgIpc) is 3.15. The maximum absolute atomic E-state index is 12.5. The van der Waals surface area contributed by atoms with Crippen LogP contribution in [0, 0.1) is 0 Å². The molecular weight excluding hydrogens is 390 g/mol. The van der Waals surface area contributed by atoms with E-state index in [4.69, 9.17) is 14.2 Å². The lowest BCUT2D eigenvalue weighted by molar-refractivity contribution is 0.115. The number of nitrogens with zero attached hydrogens (tertiary/aromatic N) is 2. The van der Waals surface area contributed by atoms with E-state index in [1.165, 1.54) is 11.3 Å². The molecule has 2 heterocycles. The van der Waals surface area contributed by atoms with E-state index in [-0.39, 0.29) is 12.1 Å². The molecule has 29 heavy (non-hydrogen) atoms. The van der Waals surface area contributed by atoms with Gasteiger partial charge in [0, 0.05) is 37.7 Å². The van der Waals surface area contributed by atoms with Crippen molar-refractivity contribution in [2.75, 3.05) is 32.6 Å². The Morgan fingerprint density at radius 1 is 1.10 bits per heavy atom. The average molecular weight is 413 g/mol. The lowest BCUT2D eigenvalue weighted by Gasteiger charge is -2.31. The second kappa shape index (κ2) is 8.57. The second-order valence-corrected chi connectivity index (χ2v) is 7.77. The Balaban J connectivity index is 1.31. The number of benzene rings is 2. The zero-order valence-electron chi connectivity index (χ0n) is 16.4. The lowest BCUT2D eigenvalue weighted by atomic mass is 10.1. The number of urea groups is 1. The molecule has 2 aromatic carbocycles. The van der Waals surface area contributed by atoms with Crippen molar-refractivity contribution in [2.24, 2.45) is 0 Å². The van der Waals surface area contributed by atoms with E-state index in [2.05, 4.69) is 10.3 Å². The first-order valence-electron chi connectivity index (χ1n) is 9.46. The van der Waals surface area contributed by atoms with Crippen LogP contribution in [-0.2, 0) is 0 Å². The fourth-order valence-corrected chi connectivity index (χ4v) is 4.19. The van der Waals surface area contributed by atoms with E-state index in [0.29, 0.717) is 24.0 Å². The van der Waals surface area contributed by atoms with Crippen LogP contribution in [0.1, 0.15) is 12.8 Å². The number of piperidine rings is 1. The molecule has 2 amide bonds. The van der Waals surface area contributed by atoms with E-state index in [9.17, 15) is 4.79 Å². The molecule has 0 radical (unpaired) electrons. The number of likely N-dealkylation sites (tertiary alicyclic amines) is 1. The third-order valence-electron chi connectivity index (χ3n) is 4.89. The molecule has 8 heteroatoms. The Morgan fingerprint density at radius 3 is 2.62 bits per heavy atom. The van der Waals surface area contributed by atoms with E-state index in [1.807, 2.05) is 41.3 Å². The number of anilines is 1. The normalized spacial score (nSPS) is 14.6. The first-order chi connectivity index (χ1) is 14.1. The summed E-state index contributed by atoms with van der Waals surface area (Å²) in [4.78, 5) is 18.9. The number of methoxy groups -OCH3 is 2. The predicted molar refractivity (Wildman–Crippen MR) is 113 cm³/mol. The molecular formula is C21H23N3O4S. The van der Waals surface area contributed by atoms with Gasteiger partial charge in [-0.2, -0.15) is 0 Å². The standard InChI is InChI=1S/C21H23N3O4S/c1-26-16-5-3-4-14(12-16)22-20(25)24-10-8-15(9-11-24)28-21-23-18-7-6-17(27-2)13-19(18)29-21/h3-7,12-13,15H,8-11H2,1-2H3,(H,22,25). The molecule has 3 aromatic rings. The summed E-state index contributed by atoms with van der Waals surface area (Å²) in [6, 6.07) is 13.0. The Kier molecular flexibility index (Phi) is 5.71. The summed E-state index contributed by atoms with van der Waals surface area (Å²) in [5, 5.41) is 3.58. The van der Waals surface area contributed by atoms with Crippen LogP contribution in [-0.4, -0.2) is 49.3 Å². The summed E-state index contributed by atoms with van der Waals surface area (Å²) in [5.41, 5.74) is 1.62. The van der Waals surface area contributed by atoms with Crippen LogP contribution >= 0.6 is 11.3 Å². The van der Waals surface area contributed by atoms with Crippen molar-refractivity contribution in [3.05, 3.63) is 42.5 Å². The number of hydrogen-bond donors (Lipinski definition) is 1. The smallest absolute Gasteiger partial charge is 0.321 e. The summed E-state index contributed by atoms with van der Waals surface area (Å²) in [5.74, 6) is 1.52. The topological polar surface area (TPSA) is 72.9 Å². The highest BCUT2D eigenvalue weighted by atomic mass is 32.1. The lowest BCUT2D eigenvalue weighted by Crippen LogP contribution is -2.43. The Labute approximate surface area is 173 Å². The second-order valence-electron chi connectivity index (χ2n) is 6.78. The summed E-state index contributed by atoms with van der Waals surface area (Å²) in [6.07, 6.45) is 1.59. The van der Waals surface area contributed by atoms with Crippen LogP contribution in [0.25, 0.3) is 10.2 Å².